The van der Waals surface area contributed by atoms with E-state index >= 15 is 0 Å². The van der Waals surface area contributed by atoms with E-state index < -0.39 is 0 Å². The van der Waals surface area contributed by atoms with Crippen molar-refractivity contribution in [2.75, 3.05) is 32.7 Å². The van der Waals surface area contributed by atoms with Gasteiger partial charge < -0.3 is 10.2 Å². The molecule has 1 aliphatic heterocycles. The van der Waals surface area contributed by atoms with E-state index in [2.05, 4.69) is 17.1 Å². The van der Waals surface area contributed by atoms with Crippen molar-refractivity contribution in [3.63, 3.8) is 0 Å². The Balaban J connectivity index is 1.70. The molecule has 3 heteroatoms. The van der Waals surface area contributed by atoms with E-state index in [4.69, 9.17) is 0 Å². The smallest absolute Gasteiger partial charge is 0.123 e. The normalized spacial score (nSPS) is 18.8. The molecule has 18 heavy (non-hydrogen) atoms. The molecule has 0 aromatic heterocycles. The van der Waals surface area contributed by atoms with Crippen molar-refractivity contribution < 1.29 is 4.39 Å². The van der Waals surface area contributed by atoms with Gasteiger partial charge in [-0.15, -0.1) is 0 Å². The summed E-state index contributed by atoms with van der Waals surface area (Å²) in [7, 11) is 0. The summed E-state index contributed by atoms with van der Waals surface area (Å²) in [5, 5.41) is 3.37. The Morgan fingerprint density at radius 3 is 2.56 bits per heavy atom. The summed E-state index contributed by atoms with van der Waals surface area (Å²) in [6.07, 6.45) is 2.40. The maximum absolute atomic E-state index is 12.8. The van der Waals surface area contributed by atoms with E-state index in [0.717, 1.165) is 13.1 Å². The molecule has 0 amide bonds. The maximum Gasteiger partial charge on any atom is 0.123 e. The number of rotatable bonds is 5. The van der Waals surface area contributed by atoms with E-state index in [9.17, 15) is 4.39 Å². The molecule has 0 saturated carbocycles. The van der Waals surface area contributed by atoms with Crippen LogP contribution in [0.2, 0.25) is 0 Å². The highest BCUT2D eigenvalue weighted by Gasteiger charge is 2.10. The molecular formula is C15H23FN2. The lowest BCUT2D eigenvalue weighted by Gasteiger charge is -2.27. The molecule has 2 nitrogen and oxygen atoms in total. The second-order valence-corrected chi connectivity index (χ2v) is 5.19. The molecule has 1 heterocycles. The van der Waals surface area contributed by atoms with Crippen LogP contribution in [0.25, 0.3) is 0 Å². The second-order valence-electron chi connectivity index (χ2n) is 5.19. The van der Waals surface area contributed by atoms with Crippen molar-refractivity contribution in [1.82, 2.24) is 10.2 Å². The lowest BCUT2D eigenvalue weighted by atomic mass is 9.96. The molecule has 1 aromatic rings. The second kappa shape index (κ2) is 6.86. The first-order chi connectivity index (χ1) is 8.75. The third kappa shape index (κ3) is 4.07. The van der Waals surface area contributed by atoms with Crippen LogP contribution in [-0.2, 0) is 0 Å². The average Bonchev–Trinajstić information content (AvgIpc) is 2.40. The van der Waals surface area contributed by atoms with Crippen molar-refractivity contribution in [1.29, 1.82) is 0 Å². The largest absolute Gasteiger partial charge is 0.314 e. The Morgan fingerprint density at radius 2 is 1.89 bits per heavy atom. The molecular weight excluding hydrogens is 227 g/mol. The van der Waals surface area contributed by atoms with Crippen LogP contribution in [0, 0.1) is 5.82 Å². The molecule has 1 N–H and O–H groups in total. The number of nitrogens with one attached hydrogen (secondary N) is 1. The monoisotopic (exact) mass is 250 g/mol. The third-order valence-corrected chi connectivity index (χ3v) is 3.76. The Morgan fingerprint density at radius 1 is 1.22 bits per heavy atom. The van der Waals surface area contributed by atoms with Gasteiger partial charge in [0.15, 0.2) is 0 Å². The summed E-state index contributed by atoms with van der Waals surface area (Å²) >= 11 is 0. The van der Waals surface area contributed by atoms with Gasteiger partial charge >= 0.3 is 0 Å². The van der Waals surface area contributed by atoms with Crippen LogP contribution in [0.3, 0.4) is 0 Å². The zero-order chi connectivity index (χ0) is 12.8. The highest BCUT2D eigenvalue weighted by molar-refractivity contribution is 5.19. The molecule has 0 aliphatic carbocycles. The lowest BCUT2D eigenvalue weighted by Crippen LogP contribution is -2.43. The Bertz CT molecular complexity index is 344. The van der Waals surface area contributed by atoms with Crippen molar-refractivity contribution in [2.45, 2.75) is 25.7 Å². The van der Waals surface area contributed by atoms with E-state index in [-0.39, 0.29) is 5.82 Å². The first-order valence-electron chi connectivity index (χ1n) is 6.94. The van der Waals surface area contributed by atoms with Gasteiger partial charge in [0.05, 0.1) is 0 Å². The summed E-state index contributed by atoms with van der Waals surface area (Å²) in [4.78, 5) is 2.52. The van der Waals surface area contributed by atoms with Gasteiger partial charge in [0.25, 0.3) is 0 Å². The summed E-state index contributed by atoms with van der Waals surface area (Å²) < 4.78 is 12.8. The summed E-state index contributed by atoms with van der Waals surface area (Å²) in [6.45, 7) is 8.00. The van der Waals surface area contributed by atoms with Crippen LogP contribution in [0.15, 0.2) is 24.3 Å². The van der Waals surface area contributed by atoms with Crippen molar-refractivity contribution >= 4 is 0 Å². The predicted molar refractivity (Wildman–Crippen MR) is 73.4 cm³/mol. The molecule has 0 radical (unpaired) electrons. The molecule has 100 valence electrons. The maximum atomic E-state index is 12.8. The van der Waals surface area contributed by atoms with E-state index in [1.54, 1.807) is 12.1 Å². The first-order valence-corrected chi connectivity index (χ1v) is 6.94. The van der Waals surface area contributed by atoms with Gasteiger partial charge in [0.2, 0.25) is 0 Å². The number of halogens is 1. The van der Waals surface area contributed by atoms with Crippen LogP contribution >= 0.6 is 0 Å². The summed E-state index contributed by atoms with van der Waals surface area (Å²) in [5.74, 6) is 0.375. The molecule has 0 spiro atoms. The standard InChI is InChI=1S/C15H23FN2/c1-13(14-4-6-15(16)7-5-14)3-2-10-18-11-8-17-9-12-18/h4-7,13,17H,2-3,8-12H2,1H3. The van der Waals surface area contributed by atoms with E-state index in [0.29, 0.717) is 5.92 Å². The van der Waals surface area contributed by atoms with Gasteiger partial charge in [-0.05, 0) is 43.0 Å². The van der Waals surface area contributed by atoms with Gasteiger partial charge in [-0.3, -0.25) is 0 Å². The molecule has 1 saturated heterocycles. The Kier molecular flexibility index (Phi) is 5.14. The first kappa shape index (κ1) is 13.5. The van der Waals surface area contributed by atoms with Crippen LogP contribution in [0.5, 0.6) is 0 Å². The van der Waals surface area contributed by atoms with Crippen LogP contribution < -0.4 is 5.32 Å². The number of hydrogen-bond donors (Lipinski definition) is 1. The minimum Gasteiger partial charge on any atom is -0.314 e. The van der Waals surface area contributed by atoms with Crippen molar-refractivity contribution in [3.05, 3.63) is 35.6 Å². The van der Waals surface area contributed by atoms with Crippen molar-refractivity contribution in [3.8, 4) is 0 Å². The van der Waals surface area contributed by atoms with Crippen molar-refractivity contribution in [2.24, 2.45) is 0 Å². The Hall–Kier alpha value is -0.930. The molecule has 1 aromatic carbocycles. The molecule has 1 atom stereocenters. The fourth-order valence-corrected chi connectivity index (χ4v) is 2.51. The SMILES string of the molecule is CC(CCCN1CCNCC1)c1ccc(F)cc1. The van der Waals surface area contributed by atoms with E-state index in [1.165, 1.54) is 38.0 Å². The van der Waals surface area contributed by atoms with Gasteiger partial charge in [0.1, 0.15) is 5.82 Å². The minimum atomic E-state index is -0.147. The quantitative estimate of drug-likeness (QED) is 0.864. The van der Waals surface area contributed by atoms with Crippen LogP contribution in [0.1, 0.15) is 31.2 Å². The summed E-state index contributed by atoms with van der Waals surface area (Å²) in [6, 6.07) is 6.93. The fraction of sp³-hybridized carbons (Fsp3) is 0.600. The lowest BCUT2D eigenvalue weighted by molar-refractivity contribution is 0.235. The Labute approximate surface area is 109 Å². The van der Waals surface area contributed by atoms with Gasteiger partial charge in [-0.2, -0.15) is 0 Å². The zero-order valence-corrected chi connectivity index (χ0v) is 11.2. The molecule has 1 unspecified atom stereocenters. The number of benzene rings is 1. The molecule has 0 bridgehead atoms. The average molecular weight is 250 g/mol. The minimum absolute atomic E-state index is 0.147. The molecule has 1 fully saturated rings. The van der Waals surface area contributed by atoms with Crippen LogP contribution in [-0.4, -0.2) is 37.6 Å². The zero-order valence-electron chi connectivity index (χ0n) is 11.2. The predicted octanol–water partition coefficient (Wildman–Crippen LogP) is 2.61. The molecule has 2 rings (SSSR count). The van der Waals surface area contributed by atoms with Gasteiger partial charge in [-0.1, -0.05) is 19.1 Å². The third-order valence-electron chi connectivity index (χ3n) is 3.76. The van der Waals surface area contributed by atoms with E-state index in [1.807, 2.05) is 12.1 Å². The summed E-state index contributed by atoms with van der Waals surface area (Å²) in [5.41, 5.74) is 1.25. The van der Waals surface area contributed by atoms with Crippen LogP contribution in [0.4, 0.5) is 4.39 Å². The number of piperazine rings is 1. The number of hydrogen-bond acceptors (Lipinski definition) is 2. The highest BCUT2D eigenvalue weighted by atomic mass is 19.1. The number of nitrogens with zero attached hydrogens (tertiary/aromatic N) is 1. The van der Waals surface area contributed by atoms with Gasteiger partial charge in [0, 0.05) is 26.2 Å². The molecule has 1 aliphatic rings. The highest BCUT2D eigenvalue weighted by Crippen LogP contribution is 2.20. The fourth-order valence-electron chi connectivity index (χ4n) is 2.51. The van der Waals surface area contributed by atoms with Gasteiger partial charge in [-0.25, -0.2) is 4.39 Å². The topological polar surface area (TPSA) is 15.3 Å².